The van der Waals surface area contributed by atoms with E-state index in [9.17, 15) is 32.5 Å². The molecule has 48 heavy (non-hydrogen) atoms. The van der Waals surface area contributed by atoms with Gasteiger partial charge in [0.05, 0.1) is 23.6 Å². The molecule has 3 aromatic rings. The van der Waals surface area contributed by atoms with Gasteiger partial charge in [-0.15, -0.1) is 11.3 Å². The van der Waals surface area contributed by atoms with E-state index in [0.29, 0.717) is 37.2 Å². The van der Waals surface area contributed by atoms with Crippen LogP contribution in [0.25, 0.3) is 10.1 Å². The average molecular weight is 707 g/mol. The highest BCUT2D eigenvalue weighted by Gasteiger charge is 2.50. The fourth-order valence-corrected chi connectivity index (χ4v) is 7.59. The minimum Gasteiger partial charge on any atom is -0.370 e. The van der Waals surface area contributed by atoms with Gasteiger partial charge < -0.3 is 35.0 Å². The Kier molecular flexibility index (Phi) is 10.1. The number of likely N-dealkylation sites (tertiary alicyclic amines) is 1. The molecule has 0 saturated carbocycles. The molecule has 5 rings (SSSR count). The minimum atomic E-state index is -5.81. The molecule has 0 aliphatic carbocycles. The maximum atomic E-state index is 14.4. The zero-order chi connectivity index (χ0) is 35.0. The highest BCUT2D eigenvalue weighted by atomic mass is 32.1. The quantitative estimate of drug-likeness (QED) is 0.245. The summed E-state index contributed by atoms with van der Waals surface area (Å²) in [4.78, 5) is 75.3. The largest absolute Gasteiger partial charge is 0.399 e. The zero-order valence-corrected chi connectivity index (χ0v) is 28.2. The Morgan fingerprint density at radius 3 is 2.44 bits per heavy atom. The van der Waals surface area contributed by atoms with Crippen LogP contribution in [0.1, 0.15) is 60.5 Å². The van der Waals surface area contributed by atoms with Crippen LogP contribution in [0, 0.1) is 0 Å². The number of halogens is 2. The molecular formula is C32H37F2N4O8PS. The number of hydrogen-bond donors (Lipinski definition) is 4. The fraction of sp³-hybridized carbons (Fsp3) is 0.438. The molecule has 16 heteroatoms. The number of rotatable bonds is 9. The first kappa shape index (κ1) is 35.6. The number of nitrogens with zero attached hydrogens (tertiary/aromatic N) is 2. The van der Waals surface area contributed by atoms with Gasteiger partial charge in [0, 0.05) is 30.3 Å². The lowest BCUT2D eigenvalue weighted by Crippen LogP contribution is -2.65. The Morgan fingerprint density at radius 2 is 1.77 bits per heavy atom. The number of carbonyl (C=O) groups excluding carboxylic acids is 4. The molecule has 2 aromatic carbocycles. The first-order chi connectivity index (χ1) is 22.5. The smallest absolute Gasteiger partial charge is 0.370 e. The Morgan fingerprint density at radius 1 is 1.06 bits per heavy atom. The number of benzene rings is 2. The third kappa shape index (κ3) is 7.30. The molecule has 1 unspecified atom stereocenters. The van der Waals surface area contributed by atoms with Gasteiger partial charge in [-0.1, -0.05) is 36.4 Å². The molecule has 1 aromatic heterocycles. The standard InChI is InChI=1S/C32H37F2N4O8PS/c1-19(39)36-31(2,3)27(35-28(40)26-17-21-16-22(11-12-25(21)48-26)32(33,34)47(43,44)45)30(42)38-13-7-10-23(38)29(41)37-14-15-46-24(18-37)20-8-5-4-6-9-20/h4-6,8-9,11-12,16-17,23-24,27H,7,10,13-15,18H2,1-3H3,(H,35,40)(H,36,39)(H2,43,44,45)/t23-,24-,27?/m0/s1. The summed E-state index contributed by atoms with van der Waals surface area (Å²) in [6, 6.07) is 11.7. The summed E-state index contributed by atoms with van der Waals surface area (Å²) in [5.74, 6) is -2.01. The van der Waals surface area contributed by atoms with E-state index in [-0.39, 0.29) is 28.8 Å². The summed E-state index contributed by atoms with van der Waals surface area (Å²) in [5, 5.41) is 5.55. The summed E-state index contributed by atoms with van der Waals surface area (Å²) in [5.41, 5.74) is -5.73. The zero-order valence-electron chi connectivity index (χ0n) is 26.5. The lowest BCUT2D eigenvalue weighted by atomic mass is 9.92. The van der Waals surface area contributed by atoms with Crippen LogP contribution < -0.4 is 10.6 Å². The van der Waals surface area contributed by atoms with Gasteiger partial charge in [0.25, 0.3) is 5.91 Å². The molecule has 2 aliphatic rings. The normalized spacial score (nSPS) is 19.6. The number of fused-ring (bicyclic) bond motifs is 1. The molecule has 2 saturated heterocycles. The highest BCUT2D eigenvalue weighted by Crippen LogP contribution is 2.59. The number of alkyl halides is 2. The molecule has 0 radical (unpaired) electrons. The van der Waals surface area contributed by atoms with Crippen molar-refractivity contribution in [1.29, 1.82) is 0 Å². The van der Waals surface area contributed by atoms with Crippen molar-refractivity contribution in [2.75, 3.05) is 26.2 Å². The van der Waals surface area contributed by atoms with Gasteiger partial charge in [-0.2, -0.15) is 8.78 Å². The van der Waals surface area contributed by atoms with Crippen molar-refractivity contribution in [1.82, 2.24) is 20.4 Å². The van der Waals surface area contributed by atoms with Crippen molar-refractivity contribution in [3.63, 3.8) is 0 Å². The number of thiophene rings is 1. The molecule has 3 atom stereocenters. The average Bonchev–Trinajstić information content (AvgIpc) is 3.70. The van der Waals surface area contributed by atoms with Crippen molar-refractivity contribution in [3.05, 3.63) is 70.6 Å². The van der Waals surface area contributed by atoms with Gasteiger partial charge in [0.15, 0.2) is 0 Å². The third-order valence-electron chi connectivity index (χ3n) is 8.57. The van der Waals surface area contributed by atoms with E-state index in [2.05, 4.69) is 10.6 Å². The molecule has 3 heterocycles. The van der Waals surface area contributed by atoms with E-state index in [1.807, 2.05) is 30.3 Å². The van der Waals surface area contributed by atoms with Crippen LogP contribution in [0.2, 0.25) is 0 Å². The molecule has 2 fully saturated rings. The molecular weight excluding hydrogens is 669 g/mol. The van der Waals surface area contributed by atoms with Crippen LogP contribution in [0.4, 0.5) is 8.78 Å². The number of amides is 4. The van der Waals surface area contributed by atoms with E-state index in [1.165, 1.54) is 24.0 Å². The second-order valence-electron chi connectivity index (χ2n) is 12.5. The molecule has 258 valence electrons. The van der Waals surface area contributed by atoms with Crippen molar-refractivity contribution in [2.45, 2.75) is 63.0 Å². The monoisotopic (exact) mass is 706 g/mol. The van der Waals surface area contributed by atoms with Gasteiger partial charge in [-0.25, -0.2) is 0 Å². The highest BCUT2D eigenvalue weighted by molar-refractivity contribution is 7.52. The third-order valence-corrected chi connectivity index (χ3v) is 10.7. The minimum absolute atomic E-state index is 0.0346. The Hall–Kier alpha value is -3.75. The maximum absolute atomic E-state index is 14.4. The second kappa shape index (κ2) is 13.6. The van der Waals surface area contributed by atoms with Gasteiger partial charge >= 0.3 is 13.3 Å². The Labute approximate surface area is 279 Å². The number of nitrogens with one attached hydrogen (secondary N) is 2. The van der Waals surface area contributed by atoms with Crippen molar-refractivity contribution >= 4 is 52.6 Å². The Balaban J connectivity index is 1.38. The van der Waals surface area contributed by atoms with Crippen LogP contribution in [0.15, 0.2) is 54.6 Å². The summed E-state index contributed by atoms with van der Waals surface area (Å²) in [7, 11) is -5.81. The topological polar surface area (TPSA) is 166 Å². The predicted octanol–water partition coefficient (Wildman–Crippen LogP) is 3.73. The van der Waals surface area contributed by atoms with Crippen molar-refractivity contribution < 1.29 is 47.0 Å². The molecule has 0 spiro atoms. The second-order valence-corrected chi connectivity index (χ2v) is 15.2. The number of hydrogen-bond acceptors (Lipinski definition) is 7. The Bertz CT molecular complexity index is 1760. The van der Waals surface area contributed by atoms with Gasteiger partial charge in [0.1, 0.15) is 18.2 Å². The van der Waals surface area contributed by atoms with Crippen LogP contribution in [-0.2, 0) is 29.3 Å². The van der Waals surface area contributed by atoms with Crippen molar-refractivity contribution in [2.24, 2.45) is 0 Å². The van der Waals surface area contributed by atoms with Crippen LogP contribution in [0.5, 0.6) is 0 Å². The number of morpholine rings is 1. The lowest BCUT2D eigenvalue weighted by Gasteiger charge is -2.40. The van der Waals surface area contributed by atoms with Gasteiger partial charge in [-0.3, -0.25) is 23.7 Å². The van der Waals surface area contributed by atoms with E-state index in [1.54, 1.807) is 18.7 Å². The maximum Gasteiger partial charge on any atom is 0.399 e. The summed E-state index contributed by atoms with van der Waals surface area (Å²) >= 11 is 0.929. The predicted molar refractivity (Wildman–Crippen MR) is 173 cm³/mol. The number of carbonyl (C=O) groups is 4. The van der Waals surface area contributed by atoms with Crippen LogP contribution >= 0.6 is 18.9 Å². The van der Waals surface area contributed by atoms with Crippen LogP contribution in [-0.4, -0.2) is 87.1 Å². The van der Waals surface area contributed by atoms with Gasteiger partial charge in [0.2, 0.25) is 17.7 Å². The van der Waals surface area contributed by atoms with Gasteiger partial charge in [-0.05, 0) is 55.8 Å². The molecule has 12 nitrogen and oxygen atoms in total. The van der Waals surface area contributed by atoms with E-state index in [0.717, 1.165) is 29.0 Å². The first-order valence-electron chi connectivity index (χ1n) is 15.3. The van der Waals surface area contributed by atoms with E-state index in [4.69, 9.17) is 14.5 Å². The number of ether oxygens (including phenoxy) is 1. The lowest BCUT2D eigenvalue weighted by molar-refractivity contribution is -0.150. The van der Waals surface area contributed by atoms with E-state index >= 15 is 0 Å². The molecule has 0 bridgehead atoms. The van der Waals surface area contributed by atoms with E-state index < -0.39 is 54.2 Å². The molecule has 4 amide bonds. The first-order valence-corrected chi connectivity index (χ1v) is 17.8. The summed E-state index contributed by atoms with van der Waals surface area (Å²) in [6.45, 7) is 5.65. The molecule has 2 aliphatic heterocycles. The van der Waals surface area contributed by atoms with Crippen LogP contribution in [0.3, 0.4) is 0 Å². The molecule has 4 N–H and O–H groups in total. The van der Waals surface area contributed by atoms with Crippen molar-refractivity contribution in [3.8, 4) is 0 Å². The SMILES string of the molecule is CC(=O)NC(C)(C)C(NC(=O)c1cc2cc(C(F)(F)P(=O)(O)O)ccc2s1)C(=O)N1CCC[C@H]1C(=O)N1CCO[C@H](c2ccccc2)C1. The summed E-state index contributed by atoms with van der Waals surface area (Å²) < 4.78 is 46.4. The fourth-order valence-electron chi connectivity index (χ4n) is 6.17. The summed E-state index contributed by atoms with van der Waals surface area (Å²) in [6.07, 6.45) is 0.644.